The van der Waals surface area contributed by atoms with E-state index in [1.54, 1.807) is 0 Å². The van der Waals surface area contributed by atoms with Gasteiger partial charge in [0.2, 0.25) is 0 Å². The van der Waals surface area contributed by atoms with E-state index < -0.39 is 0 Å². The maximum Gasteiger partial charge on any atom is 0.0124 e. The molecule has 0 aromatic heterocycles. The summed E-state index contributed by atoms with van der Waals surface area (Å²) in [6.07, 6.45) is 9.96. The van der Waals surface area contributed by atoms with E-state index in [4.69, 9.17) is 5.73 Å². The Morgan fingerprint density at radius 3 is 2.63 bits per heavy atom. The Bertz CT molecular complexity index is 292. The van der Waals surface area contributed by atoms with E-state index in [-0.39, 0.29) is 0 Å². The third kappa shape index (κ3) is 2.85. The minimum absolute atomic E-state index is 0.445. The van der Waals surface area contributed by atoms with Gasteiger partial charge in [0, 0.05) is 18.6 Å². The number of likely N-dealkylation sites (tertiary alicyclic amines) is 1. The van der Waals surface area contributed by atoms with Crippen molar-refractivity contribution >= 4 is 0 Å². The standard InChI is InChI=1S/C17H32N2/c1-12-9-13(2)15(16(18)10-12)11-19-8-4-6-14-5-3-7-17(14)19/h12-17H,3-11,18H2,1-2H3. The molecule has 2 N–H and O–H groups in total. The van der Waals surface area contributed by atoms with Crippen LogP contribution in [0.15, 0.2) is 0 Å². The van der Waals surface area contributed by atoms with E-state index in [0.717, 1.165) is 29.7 Å². The molecule has 1 aliphatic heterocycles. The van der Waals surface area contributed by atoms with Gasteiger partial charge in [-0.05, 0) is 68.7 Å². The van der Waals surface area contributed by atoms with Gasteiger partial charge in [0.25, 0.3) is 0 Å². The van der Waals surface area contributed by atoms with Crippen LogP contribution in [0.3, 0.4) is 0 Å². The number of fused-ring (bicyclic) bond motifs is 1. The number of rotatable bonds is 2. The molecule has 19 heavy (non-hydrogen) atoms. The zero-order valence-corrected chi connectivity index (χ0v) is 12.9. The van der Waals surface area contributed by atoms with E-state index in [0.29, 0.717) is 6.04 Å². The summed E-state index contributed by atoms with van der Waals surface area (Å²) in [5, 5.41) is 0. The highest BCUT2D eigenvalue weighted by Crippen LogP contribution is 2.39. The van der Waals surface area contributed by atoms with Crippen LogP contribution in [-0.2, 0) is 0 Å². The molecule has 0 aromatic carbocycles. The summed E-state index contributed by atoms with van der Waals surface area (Å²) in [6.45, 7) is 7.44. The Balaban J connectivity index is 1.63. The fourth-order valence-corrected chi connectivity index (χ4v) is 5.34. The lowest BCUT2D eigenvalue weighted by Crippen LogP contribution is -2.51. The molecule has 0 bridgehead atoms. The lowest BCUT2D eigenvalue weighted by molar-refractivity contribution is 0.0557. The summed E-state index contributed by atoms with van der Waals surface area (Å²) in [6, 6.07) is 1.35. The first kappa shape index (κ1) is 13.9. The molecular formula is C17H32N2. The largest absolute Gasteiger partial charge is 0.327 e. The van der Waals surface area contributed by atoms with Crippen LogP contribution >= 0.6 is 0 Å². The quantitative estimate of drug-likeness (QED) is 0.829. The zero-order chi connectivity index (χ0) is 13.4. The smallest absolute Gasteiger partial charge is 0.0124 e. The molecule has 110 valence electrons. The summed E-state index contributed by atoms with van der Waals surface area (Å²) in [5.74, 6) is 3.42. The van der Waals surface area contributed by atoms with Gasteiger partial charge in [-0.2, -0.15) is 0 Å². The molecule has 1 saturated heterocycles. The van der Waals surface area contributed by atoms with Crippen molar-refractivity contribution in [1.29, 1.82) is 0 Å². The Morgan fingerprint density at radius 2 is 1.84 bits per heavy atom. The molecule has 3 aliphatic rings. The zero-order valence-electron chi connectivity index (χ0n) is 12.9. The van der Waals surface area contributed by atoms with E-state index in [2.05, 4.69) is 18.7 Å². The molecule has 0 radical (unpaired) electrons. The highest BCUT2D eigenvalue weighted by atomic mass is 15.2. The first-order valence-corrected chi connectivity index (χ1v) is 8.64. The van der Waals surface area contributed by atoms with Gasteiger partial charge in [0.15, 0.2) is 0 Å². The molecule has 0 amide bonds. The van der Waals surface area contributed by atoms with Crippen molar-refractivity contribution in [3.63, 3.8) is 0 Å². The van der Waals surface area contributed by atoms with Crippen molar-refractivity contribution < 1.29 is 0 Å². The Labute approximate surface area is 119 Å². The van der Waals surface area contributed by atoms with Crippen LogP contribution in [0, 0.1) is 23.7 Å². The van der Waals surface area contributed by atoms with Crippen molar-refractivity contribution in [3.8, 4) is 0 Å². The molecule has 1 heterocycles. The number of nitrogens with two attached hydrogens (primary N) is 1. The summed E-state index contributed by atoms with van der Waals surface area (Å²) < 4.78 is 0. The van der Waals surface area contributed by atoms with Crippen LogP contribution in [-0.4, -0.2) is 30.1 Å². The third-order valence-electron chi connectivity index (χ3n) is 6.28. The second kappa shape index (κ2) is 5.73. The van der Waals surface area contributed by atoms with E-state index in [9.17, 15) is 0 Å². The van der Waals surface area contributed by atoms with Crippen LogP contribution in [0.4, 0.5) is 0 Å². The van der Waals surface area contributed by atoms with Gasteiger partial charge >= 0.3 is 0 Å². The molecule has 2 saturated carbocycles. The lowest BCUT2D eigenvalue weighted by atomic mass is 9.72. The van der Waals surface area contributed by atoms with Crippen LogP contribution in [0.5, 0.6) is 0 Å². The highest BCUT2D eigenvalue weighted by Gasteiger charge is 2.39. The molecule has 2 aliphatic carbocycles. The summed E-state index contributed by atoms with van der Waals surface area (Å²) in [5.41, 5.74) is 6.49. The fourth-order valence-electron chi connectivity index (χ4n) is 5.34. The van der Waals surface area contributed by atoms with E-state index in [1.807, 2.05) is 0 Å². The number of hydrogen-bond donors (Lipinski definition) is 1. The molecule has 6 atom stereocenters. The van der Waals surface area contributed by atoms with Crippen LogP contribution < -0.4 is 5.73 Å². The monoisotopic (exact) mass is 264 g/mol. The number of nitrogens with zero attached hydrogens (tertiary/aromatic N) is 1. The van der Waals surface area contributed by atoms with Gasteiger partial charge in [-0.15, -0.1) is 0 Å². The van der Waals surface area contributed by atoms with Crippen LogP contribution in [0.2, 0.25) is 0 Å². The van der Waals surface area contributed by atoms with Crippen molar-refractivity contribution in [2.75, 3.05) is 13.1 Å². The fraction of sp³-hybridized carbons (Fsp3) is 1.00. The first-order valence-electron chi connectivity index (χ1n) is 8.64. The van der Waals surface area contributed by atoms with Crippen LogP contribution in [0.25, 0.3) is 0 Å². The van der Waals surface area contributed by atoms with Gasteiger partial charge in [-0.3, -0.25) is 4.90 Å². The van der Waals surface area contributed by atoms with E-state index >= 15 is 0 Å². The average molecular weight is 264 g/mol. The van der Waals surface area contributed by atoms with Gasteiger partial charge in [-0.1, -0.05) is 20.3 Å². The molecule has 3 rings (SSSR count). The van der Waals surface area contributed by atoms with Gasteiger partial charge in [-0.25, -0.2) is 0 Å². The number of hydrogen-bond acceptors (Lipinski definition) is 2. The van der Waals surface area contributed by atoms with Crippen molar-refractivity contribution in [1.82, 2.24) is 4.90 Å². The highest BCUT2D eigenvalue weighted by molar-refractivity contribution is 4.93. The average Bonchev–Trinajstić information content (AvgIpc) is 2.82. The molecule has 0 spiro atoms. The topological polar surface area (TPSA) is 29.3 Å². The Kier molecular flexibility index (Phi) is 4.19. The second-order valence-electron chi connectivity index (χ2n) is 7.78. The number of piperidine rings is 1. The Morgan fingerprint density at radius 1 is 1.05 bits per heavy atom. The molecule has 0 aromatic rings. The van der Waals surface area contributed by atoms with Crippen LogP contribution in [0.1, 0.15) is 58.8 Å². The molecule has 2 heteroatoms. The lowest BCUT2D eigenvalue weighted by Gasteiger charge is -2.44. The minimum atomic E-state index is 0.445. The first-order chi connectivity index (χ1) is 9.15. The van der Waals surface area contributed by atoms with Gasteiger partial charge in [0.1, 0.15) is 0 Å². The van der Waals surface area contributed by atoms with Gasteiger partial charge in [0.05, 0.1) is 0 Å². The Hall–Kier alpha value is -0.0800. The normalized spacial score (nSPS) is 48.2. The second-order valence-corrected chi connectivity index (χ2v) is 7.78. The van der Waals surface area contributed by atoms with Crippen molar-refractivity contribution in [2.45, 2.75) is 70.9 Å². The van der Waals surface area contributed by atoms with Crippen molar-refractivity contribution in [3.05, 3.63) is 0 Å². The van der Waals surface area contributed by atoms with E-state index in [1.165, 1.54) is 58.0 Å². The summed E-state index contributed by atoms with van der Waals surface area (Å²) in [7, 11) is 0. The molecular weight excluding hydrogens is 232 g/mol. The predicted octanol–water partition coefficient (Wildman–Crippen LogP) is 3.26. The maximum atomic E-state index is 6.49. The molecule has 2 nitrogen and oxygen atoms in total. The molecule has 6 unspecified atom stereocenters. The third-order valence-corrected chi connectivity index (χ3v) is 6.28. The molecule has 3 fully saturated rings. The summed E-state index contributed by atoms with van der Waals surface area (Å²) >= 11 is 0. The predicted molar refractivity (Wildman–Crippen MR) is 81.0 cm³/mol. The van der Waals surface area contributed by atoms with Crippen molar-refractivity contribution in [2.24, 2.45) is 29.4 Å². The minimum Gasteiger partial charge on any atom is -0.327 e. The summed E-state index contributed by atoms with van der Waals surface area (Å²) in [4.78, 5) is 2.83. The van der Waals surface area contributed by atoms with Gasteiger partial charge < -0.3 is 5.73 Å². The SMILES string of the molecule is CC1CC(C)C(CN2CCCC3CCCC32)C(N)C1. The maximum absolute atomic E-state index is 6.49.